The largest absolute Gasteiger partial charge is 0.416 e. The van der Waals surface area contributed by atoms with Crippen LogP contribution in [0.5, 0.6) is 0 Å². The lowest BCUT2D eigenvalue weighted by Crippen LogP contribution is -2.50. The molecule has 1 aliphatic rings. The van der Waals surface area contributed by atoms with Gasteiger partial charge in [0.2, 0.25) is 0 Å². The number of rotatable bonds is 2. The molecule has 4 nitrogen and oxygen atoms in total. The topological polar surface area (TPSA) is 58.2 Å². The van der Waals surface area contributed by atoms with E-state index in [2.05, 4.69) is 21.2 Å². The second-order valence-electron chi connectivity index (χ2n) is 5.01. The quantitative estimate of drug-likeness (QED) is 0.538. The van der Waals surface area contributed by atoms with Crippen molar-refractivity contribution in [3.63, 3.8) is 0 Å². The van der Waals surface area contributed by atoms with Gasteiger partial charge in [-0.1, -0.05) is 51.8 Å². The molecule has 0 radical (unpaired) electrons. The number of alkyl halides is 5. The molecular formula is C15H10BrClF4N2O2. The Hall–Kier alpha value is -1.87. The Morgan fingerprint density at radius 1 is 1.24 bits per heavy atom. The van der Waals surface area contributed by atoms with Crippen molar-refractivity contribution < 1.29 is 27.2 Å². The summed E-state index contributed by atoms with van der Waals surface area (Å²) in [5.74, 6) is -1.89. The van der Waals surface area contributed by atoms with E-state index in [-0.39, 0.29) is 5.56 Å². The Labute approximate surface area is 153 Å². The second kappa shape index (κ2) is 7.17. The predicted octanol–water partition coefficient (Wildman–Crippen LogP) is 4.02. The first kappa shape index (κ1) is 19.5. The number of hydrogen-bond donors (Lipinski definition) is 2. The molecule has 1 aromatic carbocycles. The van der Waals surface area contributed by atoms with E-state index in [9.17, 15) is 27.2 Å². The average molecular weight is 442 g/mol. The van der Waals surface area contributed by atoms with Crippen molar-refractivity contribution in [2.24, 2.45) is 0 Å². The third-order valence-electron chi connectivity index (χ3n) is 3.21. The molecule has 1 aromatic rings. The van der Waals surface area contributed by atoms with Gasteiger partial charge in [0.05, 0.1) is 17.2 Å². The molecule has 1 aliphatic carbocycles. The van der Waals surface area contributed by atoms with Gasteiger partial charge >= 0.3 is 12.2 Å². The zero-order valence-electron chi connectivity index (χ0n) is 12.2. The number of urea groups is 1. The summed E-state index contributed by atoms with van der Waals surface area (Å²) in [4.78, 5) is 23.7. The monoisotopic (exact) mass is 440 g/mol. The van der Waals surface area contributed by atoms with Crippen LogP contribution in [0.4, 0.5) is 22.4 Å². The van der Waals surface area contributed by atoms with Crippen LogP contribution < -0.4 is 10.6 Å². The van der Waals surface area contributed by atoms with E-state index in [0.717, 1.165) is 24.3 Å². The lowest BCUT2D eigenvalue weighted by molar-refractivity contribution is -0.0887. The third kappa shape index (κ3) is 4.82. The maximum atomic E-state index is 13.5. The molecular weight excluding hydrogens is 432 g/mol. The van der Waals surface area contributed by atoms with Crippen molar-refractivity contribution in [2.45, 2.75) is 16.0 Å². The first-order valence-corrected chi connectivity index (χ1v) is 7.90. The van der Waals surface area contributed by atoms with Crippen LogP contribution in [0.15, 0.2) is 48.1 Å². The molecule has 2 rings (SSSR count). The molecule has 10 heteroatoms. The van der Waals surface area contributed by atoms with Gasteiger partial charge in [-0.05, 0) is 18.2 Å². The molecule has 0 aromatic heterocycles. The van der Waals surface area contributed by atoms with E-state index in [1.54, 1.807) is 0 Å². The average Bonchev–Trinajstić information content (AvgIpc) is 2.48. The second-order valence-corrected chi connectivity index (χ2v) is 7.41. The van der Waals surface area contributed by atoms with Crippen molar-refractivity contribution in [2.75, 3.05) is 0 Å². The first-order valence-electron chi connectivity index (χ1n) is 6.73. The van der Waals surface area contributed by atoms with Crippen molar-refractivity contribution in [3.8, 4) is 0 Å². The van der Waals surface area contributed by atoms with Gasteiger partial charge in [-0.3, -0.25) is 10.1 Å². The Bertz CT molecular complexity index is 762. The standard InChI is InChI=1S/C15H10BrClF4N2O2/c16-14(17)6-5-8(15(19,20)21)7-11(14)22-13(25)23-12(24)9-3-1-2-4-10(9)18/h1-7,11H,(H2,22,23,24,25). The highest BCUT2D eigenvalue weighted by Crippen LogP contribution is 2.38. The van der Waals surface area contributed by atoms with Crippen molar-refractivity contribution in [1.82, 2.24) is 10.6 Å². The molecule has 0 saturated heterocycles. The smallest absolute Gasteiger partial charge is 0.329 e. The number of halogens is 6. The fourth-order valence-corrected chi connectivity index (χ4v) is 2.53. The van der Waals surface area contributed by atoms with Gasteiger partial charge in [-0.15, -0.1) is 0 Å². The molecule has 2 atom stereocenters. The van der Waals surface area contributed by atoms with Crippen LogP contribution in [-0.4, -0.2) is 27.9 Å². The van der Waals surface area contributed by atoms with Crippen molar-refractivity contribution in [3.05, 3.63) is 59.4 Å². The summed E-state index contributed by atoms with van der Waals surface area (Å²) in [5.41, 5.74) is -1.39. The number of benzene rings is 1. The van der Waals surface area contributed by atoms with Crippen LogP contribution >= 0.6 is 27.5 Å². The fourth-order valence-electron chi connectivity index (χ4n) is 1.97. The highest BCUT2D eigenvalue weighted by molar-refractivity contribution is 9.10. The number of hydrogen-bond acceptors (Lipinski definition) is 2. The van der Waals surface area contributed by atoms with Gasteiger partial charge < -0.3 is 5.32 Å². The van der Waals surface area contributed by atoms with Crippen LogP contribution in [0.2, 0.25) is 0 Å². The number of carbonyl (C=O) groups excluding carboxylic acids is 2. The lowest BCUT2D eigenvalue weighted by atomic mass is 10.0. The predicted molar refractivity (Wildman–Crippen MR) is 87.0 cm³/mol. The Balaban J connectivity index is 2.11. The summed E-state index contributed by atoms with van der Waals surface area (Å²) < 4.78 is 50.3. The van der Waals surface area contributed by atoms with E-state index in [1.165, 1.54) is 12.1 Å². The Morgan fingerprint density at radius 2 is 1.88 bits per heavy atom. The zero-order valence-corrected chi connectivity index (χ0v) is 14.5. The van der Waals surface area contributed by atoms with Crippen molar-refractivity contribution >= 4 is 39.5 Å². The SMILES string of the molecule is O=C(NC(=O)c1ccccc1F)NC1C=C(C(F)(F)F)C=CC1(Cl)Br. The molecule has 2 unspecified atom stereocenters. The lowest BCUT2D eigenvalue weighted by Gasteiger charge is -2.30. The minimum absolute atomic E-state index is 0.385. The van der Waals surface area contributed by atoms with E-state index in [0.29, 0.717) is 6.08 Å². The number of nitrogens with one attached hydrogen (secondary N) is 2. The van der Waals surface area contributed by atoms with Gasteiger partial charge in [-0.2, -0.15) is 13.2 Å². The minimum Gasteiger partial charge on any atom is -0.329 e. The highest BCUT2D eigenvalue weighted by Gasteiger charge is 2.41. The van der Waals surface area contributed by atoms with E-state index >= 15 is 0 Å². The summed E-state index contributed by atoms with van der Waals surface area (Å²) in [6.45, 7) is 0. The van der Waals surface area contributed by atoms with Gasteiger partial charge in [0, 0.05) is 0 Å². The molecule has 0 spiro atoms. The zero-order chi connectivity index (χ0) is 18.8. The van der Waals surface area contributed by atoms with E-state index in [4.69, 9.17) is 11.6 Å². The summed E-state index contributed by atoms with van der Waals surface area (Å²) >= 11 is 8.99. The first-order chi connectivity index (χ1) is 11.5. The summed E-state index contributed by atoms with van der Waals surface area (Å²) in [7, 11) is 0. The number of imide groups is 1. The van der Waals surface area contributed by atoms with Crippen LogP contribution in [0.3, 0.4) is 0 Å². The van der Waals surface area contributed by atoms with Crippen molar-refractivity contribution in [1.29, 1.82) is 0 Å². The molecule has 3 amide bonds. The molecule has 25 heavy (non-hydrogen) atoms. The molecule has 2 N–H and O–H groups in total. The molecule has 0 fully saturated rings. The molecule has 0 saturated carbocycles. The molecule has 0 heterocycles. The third-order valence-corrected chi connectivity index (χ3v) is 4.32. The van der Waals surface area contributed by atoms with Crippen LogP contribution in [0.1, 0.15) is 10.4 Å². The van der Waals surface area contributed by atoms with Crippen LogP contribution in [-0.2, 0) is 0 Å². The minimum atomic E-state index is -4.63. The summed E-state index contributed by atoms with van der Waals surface area (Å²) in [6.07, 6.45) is -2.14. The van der Waals surface area contributed by atoms with E-state index < -0.39 is 39.3 Å². The summed E-state index contributed by atoms with van der Waals surface area (Å²) in [5, 5.41) is 3.96. The Morgan fingerprint density at radius 3 is 2.48 bits per heavy atom. The van der Waals surface area contributed by atoms with Crippen LogP contribution in [0.25, 0.3) is 0 Å². The van der Waals surface area contributed by atoms with Gasteiger partial charge in [0.15, 0.2) is 0 Å². The van der Waals surface area contributed by atoms with E-state index in [1.807, 2.05) is 5.32 Å². The van der Waals surface area contributed by atoms with Gasteiger partial charge in [0.1, 0.15) is 9.60 Å². The number of carbonyl (C=O) groups is 2. The fraction of sp³-hybridized carbons (Fsp3) is 0.200. The maximum Gasteiger partial charge on any atom is 0.416 e. The highest BCUT2D eigenvalue weighted by atomic mass is 79.9. The van der Waals surface area contributed by atoms with Gasteiger partial charge in [0.25, 0.3) is 5.91 Å². The van der Waals surface area contributed by atoms with Gasteiger partial charge in [-0.25, -0.2) is 9.18 Å². The molecule has 0 aliphatic heterocycles. The number of allylic oxidation sites excluding steroid dienone is 2. The summed E-state index contributed by atoms with van der Waals surface area (Å²) in [6, 6.07) is 2.48. The maximum absolute atomic E-state index is 13.5. The van der Waals surface area contributed by atoms with Crippen LogP contribution in [0, 0.1) is 5.82 Å². The number of amides is 3. The molecule has 134 valence electrons. The normalized spacial score (nSPS) is 23.0. The Kier molecular flexibility index (Phi) is 5.58. The molecule has 0 bridgehead atoms.